The number of carbonyl (C=O) groups is 1. The Labute approximate surface area is 185 Å². The van der Waals surface area contributed by atoms with Gasteiger partial charge in [0.25, 0.3) is 15.9 Å². The Bertz CT molecular complexity index is 989. The summed E-state index contributed by atoms with van der Waals surface area (Å²) in [5, 5.41) is 2.98. The van der Waals surface area contributed by atoms with Crippen LogP contribution in [0.2, 0.25) is 0 Å². The zero-order valence-electron chi connectivity index (χ0n) is 18.5. The molecule has 1 aliphatic rings. The van der Waals surface area contributed by atoms with Crippen LogP contribution < -0.4 is 14.4 Å². The van der Waals surface area contributed by atoms with Crippen LogP contribution in [0.5, 0.6) is 5.75 Å². The number of fused-ring (bicyclic) bond motifs is 1. The van der Waals surface area contributed by atoms with Gasteiger partial charge in [0.05, 0.1) is 17.1 Å². The maximum absolute atomic E-state index is 13.4. The van der Waals surface area contributed by atoms with Crippen LogP contribution in [0.1, 0.15) is 45.1 Å². The van der Waals surface area contributed by atoms with Gasteiger partial charge in [0.2, 0.25) is 0 Å². The van der Waals surface area contributed by atoms with Gasteiger partial charge in [-0.3, -0.25) is 9.10 Å². The van der Waals surface area contributed by atoms with Crippen molar-refractivity contribution < 1.29 is 17.9 Å². The number of unbranched alkanes of at least 4 members (excludes halogenated alkanes) is 1. The molecule has 1 amide bonds. The lowest BCUT2D eigenvalue weighted by Crippen LogP contribution is -2.51. The number of para-hydroxylation sites is 2. The first-order valence-corrected chi connectivity index (χ1v) is 12.4. The standard InChI is InChI=1S/C24H32N2O4S/c1-4-6-9-19(5-2)16-25-24(27)23-17-26(21-10-7-8-11-22(21)30-23)31(28,29)20-14-12-18(3)13-15-20/h7-8,10-15,19,23H,4-6,9,16-17H2,1-3H3,(H,25,27)/t19-,23-/m0/s1. The molecule has 0 unspecified atom stereocenters. The lowest BCUT2D eigenvalue weighted by atomic mass is 9.99. The summed E-state index contributed by atoms with van der Waals surface area (Å²) in [4.78, 5) is 13.1. The Kier molecular flexibility index (Phi) is 7.59. The molecular formula is C24H32N2O4S. The van der Waals surface area contributed by atoms with Crippen LogP contribution in [0.3, 0.4) is 0 Å². The van der Waals surface area contributed by atoms with E-state index in [1.54, 1.807) is 48.5 Å². The fourth-order valence-corrected chi connectivity index (χ4v) is 5.18. The summed E-state index contributed by atoms with van der Waals surface area (Å²) in [6.07, 6.45) is 3.40. The minimum absolute atomic E-state index is 0.0647. The Balaban J connectivity index is 1.81. The van der Waals surface area contributed by atoms with E-state index in [0.29, 0.717) is 23.9 Å². The van der Waals surface area contributed by atoms with E-state index in [1.807, 2.05) is 6.92 Å². The van der Waals surface area contributed by atoms with Gasteiger partial charge < -0.3 is 10.1 Å². The summed E-state index contributed by atoms with van der Waals surface area (Å²) < 4.78 is 34.0. The summed E-state index contributed by atoms with van der Waals surface area (Å²) in [5.41, 5.74) is 1.42. The predicted molar refractivity (Wildman–Crippen MR) is 123 cm³/mol. The maximum Gasteiger partial charge on any atom is 0.264 e. The number of amides is 1. The molecule has 0 spiro atoms. The number of ether oxygens (including phenoxy) is 1. The quantitative estimate of drug-likeness (QED) is 0.626. The second-order valence-electron chi connectivity index (χ2n) is 8.09. The number of carbonyl (C=O) groups excluding carboxylic acids is 1. The molecule has 1 heterocycles. The average molecular weight is 445 g/mol. The monoisotopic (exact) mass is 444 g/mol. The van der Waals surface area contributed by atoms with E-state index >= 15 is 0 Å². The van der Waals surface area contributed by atoms with E-state index in [0.717, 1.165) is 31.2 Å². The van der Waals surface area contributed by atoms with Crippen molar-refractivity contribution in [1.82, 2.24) is 5.32 Å². The number of anilines is 1. The minimum Gasteiger partial charge on any atom is -0.476 e. The third kappa shape index (κ3) is 5.39. The Morgan fingerprint density at radius 2 is 1.87 bits per heavy atom. The van der Waals surface area contributed by atoms with Gasteiger partial charge in [-0.15, -0.1) is 0 Å². The van der Waals surface area contributed by atoms with Gasteiger partial charge in [-0.25, -0.2) is 8.42 Å². The van der Waals surface area contributed by atoms with Crippen molar-refractivity contribution in [2.24, 2.45) is 5.92 Å². The highest BCUT2D eigenvalue weighted by Crippen LogP contribution is 2.36. The first kappa shape index (κ1) is 23.1. The van der Waals surface area contributed by atoms with Crippen molar-refractivity contribution in [3.8, 4) is 5.75 Å². The van der Waals surface area contributed by atoms with Gasteiger partial charge in [0.15, 0.2) is 6.10 Å². The summed E-state index contributed by atoms with van der Waals surface area (Å²) in [5.74, 6) is 0.517. The second kappa shape index (κ2) is 10.2. The number of aryl methyl sites for hydroxylation is 1. The molecule has 7 heteroatoms. The Morgan fingerprint density at radius 1 is 1.16 bits per heavy atom. The van der Waals surface area contributed by atoms with E-state index in [4.69, 9.17) is 4.74 Å². The lowest BCUT2D eigenvalue weighted by Gasteiger charge is -2.35. The van der Waals surface area contributed by atoms with E-state index in [9.17, 15) is 13.2 Å². The summed E-state index contributed by atoms with van der Waals surface area (Å²) in [6, 6.07) is 13.7. The zero-order chi connectivity index (χ0) is 22.4. The molecule has 0 saturated carbocycles. The molecule has 2 atom stereocenters. The van der Waals surface area contributed by atoms with Crippen LogP contribution in [0.25, 0.3) is 0 Å². The zero-order valence-corrected chi connectivity index (χ0v) is 19.3. The molecule has 2 aromatic carbocycles. The van der Waals surface area contributed by atoms with Crippen LogP contribution in [0, 0.1) is 12.8 Å². The van der Waals surface area contributed by atoms with Crippen LogP contribution in [-0.4, -0.2) is 33.5 Å². The second-order valence-corrected chi connectivity index (χ2v) is 9.95. The van der Waals surface area contributed by atoms with Gasteiger partial charge >= 0.3 is 0 Å². The van der Waals surface area contributed by atoms with E-state index < -0.39 is 16.1 Å². The fourth-order valence-electron chi connectivity index (χ4n) is 3.71. The smallest absolute Gasteiger partial charge is 0.264 e. The number of rotatable bonds is 9. The van der Waals surface area contributed by atoms with Crippen LogP contribution in [0.15, 0.2) is 53.4 Å². The van der Waals surface area contributed by atoms with Crippen molar-refractivity contribution in [3.63, 3.8) is 0 Å². The summed E-state index contributed by atoms with van der Waals surface area (Å²) >= 11 is 0. The number of hydrogen-bond donors (Lipinski definition) is 1. The SMILES string of the molecule is CCCC[C@H](CC)CNC(=O)[C@@H]1CN(S(=O)(=O)c2ccc(C)cc2)c2ccccc2O1. The van der Waals surface area contributed by atoms with Gasteiger partial charge in [-0.2, -0.15) is 0 Å². The van der Waals surface area contributed by atoms with Crippen LogP contribution in [0.4, 0.5) is 5.69 Å². The molecule has 0 aliphatic carbocycles. The number of hydrogen-bond acceptors (Lipinski definition) is 4. The molecule has 1 N–H and O–H groups in total. The first-order chi connectivity index (χ1) is 14.9. The van der Waals surface area contributed by atoms with Gasteiger partial charge in [0, 0.05) is 6.54 Å². The van der Waals surface area contributed by atoms with Gasteiger partial charge in [-0.1, -0.05) is 62.9 Å². The van der Waals surface area contributed by atoms with Crippen LogP contribution >= 0.6 is 0 Å². The number of nitrogens with one attached hydrogen (secondary N) is 1. The molecule has 0 aromatic heterocycles. The van der Waals surface area contributed by atoms with Crippen molar-refractivity contribution in [1.29, 1.82) is 0 Å². The minimum atomic E-state index is -3.83. The molecule has 0 fully saturated rings. The number of sulfonamides is 1. The largest absolute Gasteiger partial charge is 0.476 e. The Morgan fingerprint density at radius 3 is 2.55 bits per heavy atom. The highest BCUT2D eigenvalue weighted by Gasteiger charge is 2.37. The maximum atomic E-state index is 13.4. The lowest BCUT2D eigenvalue weighted by molar-refractivity contribution is -0.127. The normalized spacial score (nSPS) is 16.9. The molecule has 31 heavy (non-hydrogen) atoms. The Hall–Kier alpha value is -2.54. The highest BCUT2D eigenvalue weighted by atomic mass is 32.2. The third-order valence-electron chi connectivity index (χ3n) is 5.74. The van der Waals surface area contributed by atoms with Gasteiger partial charge in [0.1, 0.15) is 5.75 Å². The molecule has 3 rings (SSSR count). The molecule has 1 aliphatic heterocycles. The fraction of sp³-hybridized carbons (Fsp3) is 0.458. The topological polar surface area (TPSA) is 75.7 Å². The average Bonchev–Trinajstić information content (AvgIpc) is 2.78. The van der Waals surface area contributed by atoms with Crippen molar-refractivity contribution >= 4 is 21.6 Å². The molecule has 0 saturated heterocycles. The first-order valence-electron chi connectivity index (χ1n) is 11.0. The molecule has 2 aromatic rings. The van der Waals surface area contributed by atoms with Crippen molar-refractivity contribution in [3.05, 3.63) is 54.1 Å². The van der Waals surface area contributed by atoms with Crippen molar-refractivity contribution in [2.45, 2.75) is 57.5 Å². The number of nitrogens with zero attached hydrogens (tertiary/aromatic N) is 1. The van der Waals surface area contributed by atoms with E-state index in [-0.39, 0.29) is 17.3 Å². The third-order valence-corrected chi connectivity index (χ3v) is 7.54. The van der Waals surface area contributed by atoms with Crippen molar-refractivity contribution in [2.75, 3.05) is 17.4 Å². The molecule has 168 valence electrons. The predicted octanol–water partition coefficient (Wildman–Crippen LogP) is 4.28. The highest BCUT2D eigenvalue weighted by molar-refractivity contribution is 7.92. The van der Waals surface area contributed by atoms with Gasteiger partial charge in [-0.05, 0) is 43.5 Å². The molecule has 6 nitrogen and oxygen atoms in total. The molecular weight excluding hydrogens is 412 g/mol. The van der Waals surface area contributed by atoms with E-state index in [1.165, 1.54) is 4.31 Å². The summed E-state index contributed by atoms with van der Waals surface area (Å²) in [7, 11) is -3.83. The summed E-state index contributed by atoms with van der Waals surface area (Å²) in [6.45, 7) is 6.69. The van der Waals surface area contributed by atoms with E-state index in [2.05, 4.69) is 19.2 Å². The number of benzene rings is 2. The molecule has 0 bridgehead atoms. The van der Waals surface area contributed by atoms with Crippen LogP contribution in [-0.2, 0) is 14.8 Å². The molecule has 0 radical (unpaired) electrons.